The number of hydrogen-bond donors (Lipinski definition) is 0. The predicted octanol–water partition coefficient (Wildman–Crippen LogP) is 5.08. The number of sulfone groups is 1. The number of halogens is 1. The average Bonchev–Trinajstić information content (AvgIpc) is 2.55. The minimum absolute atomic E-state index is 0.0910. The van der Waals surface area contributed by atoms with Crippen LogP contribution >= 0.6 is 11.6 Å². The molecule has 0 radical (unpaired) electrons. The lowest BCUT2D eigenvalue weighted by atomic mass is 10.0. The highest BCUT2D eigenvalue weighted by Crippen LogP contribution is 2.29. The van der Waals surface area contributed by atoms with Crippen LogP contribution in [0.25, 0.3) is 15.7 Å². The van der Waals surface area contributed by atoms with Crippen LogP contribution in [-0.2, 0) is 15.6 Å². The Morgan fingerprint density at radius 1 is 0.913 bits per heavy atom. The van der Waals surface area contributed by atoms with Crippen molar-refractivity contribution in [2.24, 2.45) is 0 Å². The van der Waals surface area contributed by atoms with Crippen molar-refractivity contribution in [3.8, 4) is 0 Å². The highest BCUT2D eigenvalue weighted by atomic mass is 35.5. The molecule has 0 N–H and O–H groups in total. The molecule has 116 valence electrons. The van der Waals surface area contributed by atoms with Gasteiger partial charge in [0, 0.05) is 10.6 Å². The summed E-state index contributed by atoms with van der Waals surface area (Å²) >= 11 is 5.84. The number of benzene rings is 3. The van der Waals surface area contributed by atoms with Crippen LogP contribution in [0.5, 0.6) is 0 Å². The molecule has 0 aliphatic carbocycles. The van der Waals surface area contributed by atoms with Crippen molar-refractivity contribution < 1.29 is 8.42 Å². The van der Waals surface area contributed by atoms with E-state index in [9.17, 15) is 8.42 Å². The van der Waals surface area contributed by atoms with Gasteiger partial charge in [-0.1, -0.05) is 72.8 Å². The van der Waals surface area contributed by atoms with E-state index in [1.807, 2.05) is 36.4 Å². The van der Waals surface area contributed by atoms with Crippen molar-refractivity contribution in [3.63, 3.8) is 0 Å². The van der Waals surface area contributed by atoms with Crippen LogP contribution in [0.1, 0.15) is 11.1 Å². The van der Waals surface area contributed by atoms with Crippen LogP contribution in [0, 0.1) is 0 Å². The van der Waals surface area contributed by atoms with E-state index in [0.29, 0.717) is 16.1 Å². The summed E-state index contributed by atoms with van der Waals surface area (Å²) in [7, 11) is -3.51. The molecule has 0 atom stereocenters. The lowest BCUT2D eigenvalue weighted by Crippen LogP contribution is -2.06. The van der Waals surface area contributed by atoms with E-state index in [1.54, 1.807) is 30.3 Å². The predicted molar refractivity (Wildman–Crippen MR) is 97.1 cm³/mol. The Hall–Kier alpha value is -2.10. The number of rotatable bonds is 4. The molecule has 3 rings (SSSR count). The quantitative estimate of drug-likeness (QED) is 0.662. The maximum atomic E-state index is 12.7. The molecule has 0 saturated carbocycles. The normalized spacial score (nSPS) is 11.5. The van der Waals surface area contributed by atoms with Gasteiger partial charge in [0.1, 0.15) is 0 Å². The van der Waals surface area contributed by atoms with E-state index in [0.717, 1.165) is 10.8 Å². The molecule has 2 nitrogen and oxygen atoms in total. The van der Waals surface area contributed by atoms with Crippen molar-refractivity contribution in [1.82, 2.24) is 0 Å². The van der Waals surface area contributed by atoms with Crippen LogP contribution in [0.4, 0.5) is 0 Å². The third-order valence-corrected chi connectivity index (χ3v) is 5.67. The van der Waals surface area contributed by atoms with E-state index in [4.69, 9.17) is 11.6 Å². The molecule has 3 aromatic rings. The SMILES string of the molecule is C=C(c1cccc2ccccc12)S(=O)(=O)Cc1ccc(Cl)cc1. The summed E-state index contributed by atoms with van der Waals surface area (Å²) in [5, 5.41) is 2.46. The van der Waals surface area contributed by atoms with Crippen LogP contribution < -0.4 is 0 Å². The summed E-state index contributed by atoms with van der Waals surface area (Å²) in [6.07, 6.45) is 0. The first kappa shape index (κ1) is 15.8. The zero-order valence-electron chi connectivity index (χ0n) is 12.4. The van der Waals surface area contributed by atoms with Gasteiger partial charge in [0.15, 0.2) is 9.84 Å². The van der Waals surface area contributed by atoms with Gasteiger partial charge >= 0.3 is 0 Å². The fourth-order valence-electron chi connectivity index (χ4n) is 2.52. The zero-order chi connectivity index (χ0) is 16.4. The molecular weight excluding hydrogens is 328 g/mol. The monoisotopic (exact) mass is 342 g/mol. The van der Waals surface area contributed by atoms with E-state index in [1.165, 1.54) is 0 Å². The van der Waals surface area contributed by atoms with Crippen LogP contribution in [0.15, 0.2) is 73.3 Å². The van der Waals surface area contributed by atoms with Gasteiger partial charge in [0.2, 0.25) is 0 Å². The molecule has 23 heavy (non-hydrogen) atoms. The van der Waals surface area contributed by atoms with Gasteiger partial charge in [-0.15, -0.1) is 0 Å². The number of hydrogen-bond acceptors (Lipinski definition) is 2. The van der Waals surface area contributed by atoms with E-state index in [-0.39, 0.29) is 10.7 Å². The smallest absolute Gasteiger partial charge is 0.182 e. The summed E-state index contributed by atoms with van der Waals surface area (Å²) in [5.41, 5.74) is 1.34. The summed E-state index contributed by atoms with van der Waals surface area (Å²) < 4.78 is 25.4. The molecular formula is C19H15ClO2S. The van der Waals surface area contributed by atoms with Crippen LogP contribution in [0.2, 0.25) is 5.02 Å². The molecule has 0 aliphatic heterocycles. The van der Waals surface area contributed by atoms with Gasteiger partial charge in [-0.05, 0) is 28.5 Å². The van der Waals surface area contributed by atoms with Gasteiger partial charge in [-0.2, -0.15) is 0 Å². The maximum absolute atomic E-state index is 12.7. The second-order valence-corrected chi connectivity index (χ2v) is 7.78. The van der Waals surface area contributed by atoms with Gasteiger partial charge in [0.05, 0.1) is 10.7 Å². The summed E-state index contributed by atoms with van der Waals surface area (Å²) in [4.78, 5) is 0.143. The van der Waals surface area contributed by atoms with Gasteiger partial charge in [-0.3, -0.25) is 0 Å². The van der Waals surface area contributed by atoms with E-state index < -0.39 is 9.84 Å². The summed E-state index contributed by atoms with van der Waals surface area (Å²) in [6, 6.07) is 20.1. The Balaban J connectivity index is 1.99. The van der Waals surface area contributed by atoms with Gasteiger partial charge < -0.3 is 0 Å². The lowest BCUT2D eigenvalue weighted by molar-refractivity contribution is 0.605. The van der Waals surface area contributed by atoms with Crippen molar-refractivity contribution in [2.45, 2.75) is 5.75 Å². The first-order chi connectivity index (χ1) is 11.0. The molecule has 0 unspecified atom stereocenters. The molecule has 0 aliphatic rings. The standard InChI is InChI=1S/C19H15ClO2S/c1-14(18-8-4-6-16-5-2-3-7-19(16)18)23(21,22)13-15-9-11-17(20)12-10-15/h2-12H,1,13H2. The average molecular weight is 343 g/mol. The van der Waals surface area contributed by atoms with Crippen LogP contribution in [-0.4, -0.2) is 8.42 Å². The summed E-state index contributed by atoms with van der Waals surface area (Å²) in [6.45, 7) is 3.85. The topological polar surface area (TPSA) is 34.1 Å². The Kier molecular flexibility index (Phi) is 4.24. The fraction of sp³-hybridized carbons (Fsp3) is 0.0526. The van der Waals surface area contributed by atoms with Gasteiger partial charge in [0.25, 0.3) is 0 Å². The number of fused-ring (bicyclic) bond motifs is 1. The third kappa shape index (κ3) is 3.31. The lowest BCUT2D eigenvalue weighted by Gasteiger charge is -2.11. The van der Waals surface area contributed by atoms with E-state index in [2.05, 4.69) is 6.58 Å². The highest BCUT2D eigenvalue weighted by molar-refractivity contribution is 7.99. The minimum atomic E-state index is -3.51. The Labute approximate surface area is 141 Å². The van der Waals surface area contributed by atoms with Crippen molar-refractivity contribution in [3.05, 3.63) is 89.5 Å². The first-order valence-corrected chi connectivity index (χ1v) is 9.15. The van der Waals surface area contributed by atoms with Crippen LogP contribution in [0.3, 0.4) is 0 Å². The highest BCUT2D eigenvalue weighted by Gasteiger charge is 2.20. The van der Waals surface area contributed by atoms with Crippen molar-refractivity contribution >= 4 is 37.1 Å². The molecule has 0 amide bonds. The second kappa shape index (κ2) is 6.19. The zero-order valence-corrected chi connectivity index (χ0v) is 13.9. The molecule has 0 saturated heterocycles. The Morgan fingerprint density at radius 2 is 1.57 bits per heavy atom. The molecule has 0 fully saturated rings. The van der Waals surface area contributed by atoms with Crippen molar-refractivity contribution in [1.29, 1.82) is 0 Å². The Bertz CT molecular complexity index is 968. The molecule has 3 aromatic carbocycles. The van der Waals surface area contributed by atoms with Gasteiger partial charge in [-0.25, -0.2) is 8.42 Å². The second-order valence-electron chi connectivity index (χ2n) is 5.34. The molecule has 0 aromatic heterocycles. The molecule has 4 heteroatoms. The fourth-order valence-corrected chi connectivity index (χ4v) is 3.97. The first-order valence-electron chi connectivity index (χ1n) is 7.11. The van der Waals surface area contributed by atoms with Crippen molar-refractivity contribution in [2.75, 3.05) is 0 Å². The third-order valence-electron chi connectivity index (χ3n) is 3.74. The molecule has 0 heterocycles. The Morgan fingerprint density at radius 3 is 2.30 bits per heavy atom. The van der Waals surface area contributed by atoms with E-state index >= 15 is 0 Å². The molecule has 0 spiro atoms. The minimum Gasteiger partial charge on any atom is -0.223 e. The maximum Gasteiger partial charge on any atom is 0.182 e. The summed E-state index contributed by atoms with van der Waals surface area (Å²) in [5.74, 6) is -0.0910. The largest absolute Gasteiger partial charge is 0.223 e. The molecule has 0 bridgehead atoms.